The first-order chi connectivity index (χ1) is 9.99. The lowest BCUT2D eigenvalue weighted by Crippen LogP contribution is -2.30. The summed E-state index contributed by atoms with van der Waals surface area (Å²) in [4.78, 5) is 23.4. The maximum atomic E-state index is 11.8. The van der Waals surface area contributed by atoms with Gasteiger partial charge in [0.2, 0.25) is 5.91 Å². The van der Waals surface area contributed by atoms with Crippen LogP contribution in [-0.2, 0) is 27.4 Å². The molecule has 118 valence electrons. The number of hydrogen-bond acceptors (Lipinski definition) is 6. The monoisotopic (exact) mass is 298 g/mol. The van der Waals surface area contributed by atoms with Gasteiger partial charge in [-0.3, -0.25) is 4.79 Å². The Hall–Kier alpha value is -1.96. The molecule has 1 amide bonds. The minimum Gasteiger partial charge on any atom is -0.464 e. The van der Waals surface area contributed by atoms with Crippen LogP contribution in [-0.4, -0.2) is 47.6 Å². The number of carbonyl (C=O) groups excluding carboxylic acids is 2. The van der Waals surface area contributed by atoms with E-state index in [0.717, 1.165) is 6.42 Å². The Morgan fingerprint density at radius 3 is 2.62 bits per heavy atom. The highest BCUT2D eigenvalue weighted by Crippen LogP contribution is 2.08. The van der Waals surface area contributed by atoms with Gasteiger partial charge >= 0.3 is 5.97 Å². The minimum atomic E-state index is -0.603. The maximum absolute atomic E-state index is 11.8. The van der Waals surface area contributed by atoms with Crippen molar-refractivity contribution in [1.29, 1.82) is 0 Å². The topological polar surface area (TPSA) is 95.3 Å². The molecule has 0 saturated heterocycles. The zero-order chi connectivity index (χ0) is 15.8. The van der Waals surface area contributed by atoms with Gasteiger partial charge in [0.05, 0.1) is 19.4 Å². The van der Waals surface area contributed by atoms with Gasteiger partial charge in [-0.25, -0.2) is 9.48 Å². The molecule has 1 aromatic heterocycles. The first-order valence-corrected chi connectivity index (χ1v) is 6.75. The highest BCUT2D eigenvalue weighted by Gasteiger charge is 2.21. The van der Waals surface area contributed by atoms with E-state index in [1.54, 1.807) is 0 Å². The molecule has 0 aliphatic rings. The average Bonchev–Trinajstić information content (AvgIpc) is 2.81. The molecule has 0 aromatic carbocycles. The third-order valence-electron chi connectivity index (χ3n) is 2.83. The predicted octanol–water partition coefficient (Wildman–Crippen LogP) is 0.373. The van der Waals surface area contributed by atoms with Crippen molar-refractivity contribution in [2.24, 2.45) is 5.92 Å². The number of methoxy groups -OCH3 is 2. The second kappa shape index (κ2) is 8.35. The van der Waals surface area contributed by atoms with Gasteiger partial charge in [-0.05, 0) is 12.3 Å². The van der Waals surface area contributed by atoms with Crippen molar-refractivity contribution < 1.29 is 19.1 Å². The van der Waals surface area contributed by atoms with Crippen molar-refractivity contribution in [2.45, 2.75) is 33.4 Å². The molecular formula is C13H22N4O4. The smallest absolute Gasteiger partial charge is 0.360 e. The van der Waals surface area contributed by atoms with Gasteiger partial charge in [-0.15, -0.1) is 5.10 Å². The number of nitrogens with zero attached hydrogens (tertiary/aromatic N) is 3. The average molecular weight is 298 g/mol. The molecule has 1 aromatic rings. The quantitative estimate of drug-likeness (QED) is 0.697. The molecule has 0 radical (unpaired) electrons. The molecule has 0 unspecified atom stereocenters. The van der Waals surface area contributed by atoms with Crippen LogP contribution in [0.4, 0.5) is 0 Å². The Morgan fingerprint density at radius 2 is 2.05 bits per heavy atom. The Morgan fingerprint density at radius 1 is 1.33 bits per heavy atom. The highest BCUT2D eigenvalue weighted by molar-refractivity contribution is 5.88. The first kappa shape index (κ1) is 17.1. The van der Waals surface area contributed by atoms with E-state index in [9.17, 15) is 9.59 Å². The molecule has 0 aliphatic heterocycles. The van der Waals surface area contributed by atoms with Gasteiger partial charge in [-0.2, -0.15) is 0 Å². The summed E-state index contributed by atoms with van der Waals surface area (Å²) in [5.41, 5.74) is 0.484. The number of carbonyl (C=O) groups is 2. The Kier molecular flexibility index (Phi) is 6.80. The molecule has 8 nitrogen and oxygen atoms in total. The number of ether oxygens (including phenoxy) is 2. The van der Waals surface area contributed by atoms with Crippen molar-refractivity contribution in [3.63, 3.8) is 0 Å². The minimum absolute atomic E-state index is 0.0131. The number of esters is 1. The van der Waals surface area contributed by atoms with Crippen LogP contribution >= 0.6 is 0 Å². The molecule has 21 heavy (non-hydrogen) atoms. The van der Waals surface area contributed by atoms with E-state index in [1.165, 1.54) is 18.9 Å². The van der Waals surface area contributed by atoms with Crippen LogP contribution in [0.2, 0.25) is 0 Å². The first-order valence-electron chi connectivity index (χ1n) is 6.75. The third-order valence-corrected chi connectivity index (χ3v) is 2.83. The van der Waals surface area contributed by atoms with Crippen molar-refractivity contribution in [2.75, 3.05) is 20.8 Å². The Labute approximate surface area is 123 Å². The molecule has 0 spiro atoms. The third kappa shape index (κ3) is 5.14. The summed E-state index contributed by atoms with van der Waals surface area (Å²) in [5, 5.41) is 10.4. The summed E-state index contributed by atoms with van der Waals surface area (Å²) in [6.07, 6.45) is 0.904. The molecule has 0 aliphatic carbocycles. The number of nitrogens with one attached hydrogen (secondary N) is 1. The second-order valence-electron chi connectivity index (χ2n) is 5.00. The summed E-state index contributed by atoms with van der Waals surface area (Å²) in [6.45, 7) is 4.89. The van der Waals surface area contributed by atoms with Crippen LogP contribution in [0.3, 0.4) is 0 Å². The zero-order valence-corrected chi connectivity index (χ0v) is 12.9. The molecular weight excluding hydrogens is 276 g/mol. The van der Waals surface area contributed by atoms with Crippen LogP contribution in [0.25, 0.3) is 0 Å². The lowest BCUT2D eigenvalue weighted by atomic mass is 10.1. The number of rotatable bonds is 8. The summed E-state index contributed by atoms with van der Waals surface area (Å²) in [6, 6.07) is 0. The van der Waals surface area contributed by atoms with E-state index in [0.29, 0.717) is 18.2 Å². The SMILES string of the molecule is COCc1c(C(=O)OC)nnn1CC(=O)NCCC(C)C. The van der Waals surface area contributed by atoms with E-state index in [2.05, 4.69) is 34.2 Å². The van der Waals surface area contributed by atoms with Crippen LogP contribution in [0.15, 0.2) is 0 Å². The molecule has 0 saturated carbocycles. The summed E-state index contributed by atoms with van der Waals surface area (Å²) >= 11 is 0. The van der Waals surface area contributed by atoms with E-state index in [-0.39, 0.29) is 24.8 Å². The number of hydrogen-bond donors (Lipinski definition) is 1. The van der Waals surface area contributed by atoms with Crippen LogP contribution in [0.5, 0.6) is 0 Å². The normalized spacial score (nSPS) is 10.7. The number of aromatic nitrogens is 3. The van der Waals surface area contributed by atoms with Gasteiger partial charge in [0, 0.05) is 13.7 Å². The van der Waals surface area contributed by atoms with Crippen molar-refractivity contribution in [3.05, 3.63) is 11.4 Å². The van der Waals surface area contributed by atoms with Gasteiger partial charge in [0.25, 0.3) is 0 Å². The van der Waals surface area contributed by atoms with E-state index in [4.69, 9.17) is 4.74 Å². The molecule has 1 rings (SSSR count). The molecule has 0 bridgehead atoms. The van der Waals surface area contributed by atoms with Gasteiger partial charge in [0.1, 0.15) is 6.54 Å². The summed E-state index contributed by atoms with van der Waals surface area (Å²) < 4.78 is 11.0. The lowest BCUT2D eigenvalue weighted by molar-refractivity contribution is -0.121. The molecule has 0 atom stereocenters. The maximum Gasteiger partial charge on any atom is 0.360 e. The van der Waals surface area contributed by atoms with Crippen molar-refractivity contribution in [3.8, 4) is 0 Å². The Bertz CT molecular complexity index is 485. The Balaban J connectivity index is 2.71. The largest absolute Gasteiger partial charge is 0.464 e. The van der Waals surface area contributed by atoms with E-state index < -0.39 is 5.97 Å². The summed E-state index contributed by atoms with van der Waals surface area (Å²) in [7, 11) is 2.75. The van der Waals surface area contributed by atoms with Crippen molar-refractivity contribution in [1.82, 2.24) is 20.3 Å². The van der Waals surface area contributed by atoms with Crippen LogP contribution in [0, 0.1) is 5.92 Å². The molecule has 1 N–H and O–H groups in total. The number of amides is 1. The van der Waals surface area contributed by atoms with Gasteiger partial charge in [0.15, 0.2) is 5.69 Å². The fourth-order valence-electron chi connectivity index (χ4n) is 1.69. The lowest BCUT2D eigenvalue weighted by Gasteiger charge is -2.09. The predicted molar refractivity (Wildman–Crippen MR) is 74.5 cm³/mol. The van der Waals surface area contributed by atoms with Crippen LogP contribution < -0.4 is 5.32 Å². The fraction of sp³-hybridized carbons (Fsp3) is 0.692. The molecule has 1 heterocycles. The second-order valence-corrected chi connectivity index (χ2v) is 5.00. The van der Waals surface area contributed by atoms with Gasteiger partial charge in [-0.1, -0.05) is 19.1 Å². The van der Waals surface area contributed by atoms with Crippen LogP contribution in [0.1, 0.15) is 36.5 Å². The van der Waals surface area contributed by atoms with Gasteiger partial charge < -0.3 is 14.8 Å². The molecule has 8 heteroatoms. The fourth-order valence-corrected chi connectivity index (χ4v) is 1.69. The van der Waals surface area contributed by atoms with Crippen molar-refractivity contribution >= 4 is 11.9 Å². The summed E-state index contributed by atoms with van der Waals surface area (Å²) in [5.74, 6) is -0.269. The van der Waals surface area contributed by atoms with E-state index in [1.807, 2.05) is 0 Å². The zero-order valence-electron chi connectivity index (χ0n) is 12.9. The van der Waals surface area contributed by atoms with E-state index >= 15 is 0 Å². The standard InChI is InChI=1S/C13H22N4O4/c1-9(2)5-6-14-11(18)7-17-10(8-20-3)12(15-16-17)13(19)21-4/h9H,5-8H2,1-4H3,(H,14,18). The highest BCUT2D eigenvalue weighted by atomic mass is 16.5. The molecule has 0 fully saturated rings.